The van der Waals surface area contributed by atoms with E-state index in [-0.39, 0.29) is 5.56 Å². The Morgan fingerprint density at radius 3 is 2.68 bits per heavy atom. The number of fused-ring (bicyclic) bond motifs is 1. The van der Waals surface area contributed by atoms with E-state index in [2.05, 4.69) is 9.88 Å². The topological polar surface area (TPSA) is 62.7 Å². The highest BCUT2D eigenvalue weighted by atomic mass is 16.5. The van der Waals surface area contributed by atoms with E-state index in [4.69, 9.17) is 9.84 Å². The van der Waals surface area contributed by atoms with Gasteiger partial charge in [-0.2, -0.15) is 0 Å². The summed E-state index contributed by atoms with van der Waals surface area (Å²) in [6, 6.07) is 8.93. The minimum atomic E-state index is -0.930. The number of hydrogen-bond acceptors (Lipinski definition) is 4. The maximum Gasteiger partial charge on any atom is 0.335 e. The van der Waals surface area contributed by atoms with Crippen molar-refractivity contribution in [3.05, 3.63) is 35.9 Å². The van der Waals surface area contributed by atoms with Gasteiger partial charge in [0.05, 0.1) is 24.3 Å². The van der Waals surface area contributed by atoms with Crippen molar-refractivity contribution in [3.63, 3.8) is 0 Å². The molecule has 2 heterocycles. The molecular weight excluding hydrogens is 244 g/mol. The number of pyridine rings is 1. The van der Waals surface area contributed by atoms with Crippen molar-refractivity contribution < 1.29 is 14.6 Å². The summed E-state index contributed by atoms with van der Waals surface area (Å²) in [5.41, 5.74) is 0.975. The van der Waals surface area contributed by atoms with Crippen LogP contribution in [0.4, 0.5) is 5.82 Å². The number of rotatable bonds is 2. The minimum Gasteiger partial charge on any atom is -0.478 e. The summed E-state index contributed by atoms with van der Waals surface area (Å²) < 4.78 is 5.31. The molecule has 1 N–H and O–H groups in total. The fraction of sp³-hybridized carbons (Fsp3) is 0.286. The molecule has 0 atom stereocenters. The molecule has 0 aliphatic carbocycles. The molecule has 1 aromatic heterocycles. The van der Waals surface area contributed by atoms with Crippen LogP contribution in [0.2, 0.25) is 0 Å². The standard InChI is InChI=1S/C14H14N2O3/c17-14(18)11-2-1-10-3-4-13(15-12(10)9-11)16-5-7-19-8-6-16/h1-4,9H,5-8H2,(H,17,18). The van der Waals surface area contributed by atoms with Gasteiger partial charge in [0.2, 0.25) is 0 Å². The van der Waals surface area contributed by atoms with E-state index >= 15 is 0 Å². The lowest BCUT2D eigenvalue weighted by Crippen LogP contribution is -2.36. The van der Waals surface area contributed by atoms with Gasteiger partial charge in [0, 0.05) is 18.5 Å². The van der Waals surface area contributed by atoms with Gasteiger partial charge < -0.3 is 14.7 Å². The van der Waals surface area contributed by atoms with Crippen LogP contribution in [0.15, 0.2) is 30.3 Å². The average Bonchev–Trinajstić information content (AvgIpc) is 2.47. The maximum atomic E-state index is 11.0. The van der Waals surface area contributed by atoms with Crippen molar-refractivity contribution in [1.29, 1.82) is 0 Å². The Kier molecular flexibility index (Phi) is 3.05. The fourth-order valence-corrected chi connectivity index (χ4v) is 2.21. The number of hydrogen-bond donors (Lipinski definition) is 1. The van der Waals surface area contributed by atoms with Crippen molar-refractivity contribution in [1.82, 2.24) is 4.98 Å². The van der Waals surface area contributed by atoms with Crippen molar-refractivity contribution in [2.45, 2.75) is 0 Å². The average molecular weight is 258 g/mol. The largest absolute Gasteiger partial charge is 0.478 e. The molecule has 0 amide bonds. The molecule has 0 spiro atoms. The second-order valence-electron chi connectivity index (χ2n) is 4.48. The van der Waals surface area contributed by atoms with E-state index in [0.29, 0.717) is 18.7 Å². The quantitative estimate of drug-likeness (QED) is 0.889. The van der Waals surface area contributed by atoms with Crippen LogP contribution in [0.5, 0.6) is 0 Å². The molecule has 0 bridgehead atoms. The van der Waals surface area contributed by atoms with Crippen LogP contribution in [-0.2, 0) is 4.74 Å². The predicted molar refractivity (Wildman–Crippen MR) is 71.7 cm³/mol. The number of morpholine rings is 1. The van der Waals surface area contributed by atoms with Crippen LogP contribution >= 0.6 is 0 Å². The molecule has 5 nitrogen and oxygen atoms in total. The minimum absolute atomic E-state index is 0.263. The van der Waals surface area contributed by atoms with E-state index < -0.39 is 5.97 Å². The predicted octanol–water partition coefficient (Wildman–Crippen LogP) is 1.77. The van der Waals surface area contributed by atoms with Gasteiger partial charge in [0.15, 0.2) is 0 Å². The van der Waals surface area contributed by atoms with Crippen LogP contribution in [0.25, 0.3) is 10.9 Å². The third-order valence-electron chi connectivity index (χ3n) is 3.26. The first kappa shape index (κ1) is 11.9. The summed E-state index contributed by atoms with van der Waals surface area (Å²) in [5, 5.41) is 9.95. The Morgan fingerprint density at radius 1 is 1.21 bits per heavy atom. The SMILES string of the molecule is O=C(O)c1ccc2ccc(N3CCOCC3)nc2c1. The van der Waals surface area contributed by atoms with Gasteiger partial charge in [-0.1, -0.05) is 6.07 Å². The van der Waals surface area contributed by atoms with E-state index in [0.717, 1.165) is 24.3 Å². The molecule has 5 heteroatoms. The van der Waals surface area contributed by atoms with Crippen molar-refractivity contribution in [2.75, 3.05) is 31.2 Å². The second kappa shape index (κ2) is 4.85. The lowest BCUT2D eigenvalue weighted by atomic mass is 10.1. The molecule has 0 unspecified atom stereocenters. The highest BCUT2D eigenvalue weighted by molar-refractivity contribution is 5.93. The monoisotopic (exact) mass is 258 g/mol. The highest BCUT2D eigenvalue weighted by Gasteiger charge is 2.13. The van der Waals surface area contributed by atoms with Crippen LogP contribution < -0.4 is 4.90 Å². The summed E-state index contributed by atoms with van der Waals surface area (Å²) in [6.45, 7) is 3.04. The summed E-state index contributed by atoms with van der Waals surface area (Å²) in [6.07, 6.45) is 0. The number of carbonyl (C=O) groups is 1. The van der Waals surface area contributed by atoms with Crippen molar-refractivity contribution >= 4 is 22.7 Å². The van der Waals surface area contributed by atoms with Gasteiger partial charge >= 0.3 is 5.97 Å². The number of benzene rings is 1. The molecule has 98 valence electrons. The number of carboxylic acid groups (broad SMARTS) is 1. The molecule has 0 radical (unpaired) electrons. The summed E-state index contributed by atoms with van der Waals surface area (Å²) in [7, 11) is 0. The van der Waals surface area contributed by atoms with Crippen LogP contribution in [0.1, 0.15) is 10.4 Å². The number of anilines is 1. The van der Waals surface area contributed by atoms with Gasteiger partial charge in [-0.05, 0) is 24.3 Å². The summed E-state index contributed by atoms with van der Waals surface area (Å²) in [5.74, 6) is -0.0567. The Balaban J connectivity index is 2.00. The number of nitrogens with zero attached hydrogens (tertiary/aromatic N) is 2. The lowest BCUT2D eigenvalue weighted by Gasteiger charge is -2.27. The maximum absolute atomic E-state index is 11.0. The third-order valence-corrected chi connectivity index (χ3v) is 3.26. The molecule has 1 fully saturated rings. The molecule has 0 saturated carbocycles. The molecule has 1 aliphatic rings. The first-order valence-corrected chi connectivity index (χ1v) is 6.21. The number of aromatic carboxylic acids is 1. The molecule has 1 aliphatic heterocycles. The number of carboxylic acids is 1. The molecule has 19 heavy (non-hydrogen) atoms. The Morgan fingerprint density at radius 2 is 1.95 bits per heavy atom. The zero-order valence-electron chi connectivity index (χ0n) is 10.4. The highest BCUT2D eigenvalue weighted by Crippen LogP contribution is 2.20. The summed E-state index contributed by atoms with van der Waals surface area (Å²) >= 11 is 0. The van der Waals surface area contributed by atoms with Crippen molar-refractivity contribution in [3.8, 4) is 0 Å². The number of aromatic nitrogens is 1. The van der Waals surface area contributed by atoms with Crippen LogP contribution in [0, 0.1) is 0 Å². The number of ether oxygens (including phenoxy) is 1. The van der Waals surface area contributed by atoms with E-state index in [1.807, 2.05) is 12.1 Å². The second-order valence-corrected chi connectivity index (χ2v) is 4.48. The van der Waals surface area contributed by atoms with Crippen LogP contribution in [0.3, 0.4) is 0 Å². The van der Waals surface area contributed by atoms with E-state index in [1.165, 1.54) is 0 Å². The van der Waals surface area contributed by atoms with Crippen molar-refractivity contribution in [2.24, 2.45) is 0 Å². The van der Waals surface area contributed by atoms with Crippen LogP contribution in [-0.4, -0.2) is 42.4 Å². The lowest BCUT2D eigenvalue weighted by molar-refractivity contribution is 0.0697. The fourth-order valence-electron chi connectivity index (χ4n) is 2.21. The van der Waals surface area contributed by atoms with Gasteiger partial charge in [-0.15, -0.1) is 0 Å². The zero-order chi connectivity index (χ0) is 13.2. The Labute approximate surface area is 110 Å². The molecule has 3 rings (SSSR count). The summed E-state index contributed by atoms with van der Waals surface area (Å²) in [4.78, 5) is 17.7. The van der Waals surface area contributed by atoms with Gasteiger partial charge in [0.1, 0.15) is 5.82 Å². The third kappa shape index (κ3) is 2.37. The Hall–Kier alpha value is -2.14. The van der Waals surface area contributed by atoms with E-state index in [9.17, 15) is 4.79 Å². The molecular formula is C14H14N2O3. The molecule has 2 aromatic rings. The normalized spacial score (nSPS) is 15.7. The van der Waals surface area contributed by atoms with Gasteiger partial charge in [-0.25, -0.2) is 9.78 Å². The van der Waals surface area contributed by atoms with Gasteiger partial charge in [0.25, 0.3) is 0 Å². The smallest absolute Gasteiger partial charge is 0.335 e. The molecule has 1 aromatic carbocycles. The van der Waals surface area contributed by atoms with E-state index in [1.54, 1.807) is 18.2 Å². The first-order chi connectivity index (χ1) is 9.24. The zero-order valence-corrected chi connectivity index (χ0v) is 10.4. The van der Waals surface area contributed by atoms with Gasteiger partial charge in [-0.3, -0.25) is 0 Å². The first-order valence-electron chi connectivity index (χ1n) is 6.21. The Bertz CT molecular complexity index is 621. The molecule has 1 saturated heterocycles.